The quantitative estimate of drug-likeness (QED) is 0.648. The number of amides is 1. The highest BCUT2D eigenvalue weighted by Crippen LogP contribution is 2.30. The number of likely N-dealkylation sites (N-methyl/N-ethyl adjacent to an activating group) is 1. The molecule has 0 saturated carbocycles. The van der Waals surface area contributed by atoms with E-state index in [2.05, 4.69) is 24.4 Å². The molecular weight excluding hydrogens is 348 g/mol. The highest BCUT2D eigenvalue weighted by Gasteiger charge is 2.26. The maximum absolute atomic E-state index is 12.1. The molecule has 3 rings (SSSR count). The molecule has 0 radical (unpaired) electrons. The van der Waals surface area contributed by atoms with Crippen LogP contribution in [-0.2, 0) is 11.4 Å². The second kappa shape index (κ2) is 7.58. The number of methoxy groups -OCH3 is 1. The van der Waals surface area contributed by atoms with Gasteiger partial charge >= 0.3 is 0 Å². The topological polar surface area (TPSA) is 50.8 Å². The molecule has 1 aliphatic heterocycles. The lowest BCUT2D eigenvalue weighted by Gasteiger charge is -2.12. The Morgan fingerprint density at radius 3 is 2.50 bits per heavy atom. The van der Waals surface area contributed by atoms with Gasteiger partial charge < -0.3 is 14.8 Å². The van der Waals surface area contributed by atoms with Gasteiger partial charge in [-0.05, 0) is 48.5 Å². The number of ether oxygens (including phenoxy) is 2. The fourth-order valence-electron chi connectivity index (χ4n) is 2.53. The van der Waals surface area contributed by atoms with E-state index < -0.39 is 0 Å². The Balaban J connectivity index is 1.76. The van der Waals surface area contributed by atoms with E-state index in [1.54, 1.807) is 20.2 Å². The number of rotatable bonds is 5. The van der Waals surface area contributed by atoms with Crippen LogP contribution < -0.4 is 14.8 Å². The van der Waals surface area contributed by atoms with Gasteiger partial charge in [-0.15, -0.1) is 0 Å². The molecule has 134 valence electrons. The predicted octanol–water partition coefficient (Wildman–Crippen LogP) is 3.27. The van der Waals surface area contributed by atoms with Crippen molar-refractivity contribution in [2.45, 2.75) is 13.5 Å². The minimum absolute atomic E-state index is 0.159. The van der Waals surface area contributed by atoms with E-state index in [0.717, 1.165) is 11.1 Å². The summed E-state index contributed by atoms with van der Waals surface area (Å²) >= 11 is 5.08. The third kappa shape index (κ3) is 3.86. The number of hydrogen-bond acceptors (Lipinski definition) is 4. The number of thiocarbonyl (C=S) groups is 1. The van der Waals surface area contributed by atoms with Crippen molar-refractivity contribution >= 4 is 29.3 Å². The summed E-state index contributed by atoms with van der Waals surface area (Å²) < 4.78 is 11.3. The molecule has 1 aliphatic rings. The van der Waals surface area contributed by atoms with Gasteiger partial charge in [0.25, 0.3) is 5.91 Å². The van der Waals surface area contributed by atoms with Crippen LogP contribution in [0.5, 0.6) is 11.5 Å². The van der Waals surface area contributed by atoms with Crippen LogP contribution in [0.1, 0.15) is 16.7 Å². The number of nitrogens with zero attached hydrogens (tertiary/aromatic N) is 1. The highest BCUT2D eigenvalue weighted by atomic mass is 32.1. The Morgan fingerprint density at radius 1 is 1.15 bits per heavy atom. The third-order valence-electron chi connectivity index (χ3n) is 4.09. The minimum Gasteiger partial charge on any atom is -0.493 e. The molecule has 1 saturated heterocycles. The fraction of sp³-hybridized carbons (Fsp3) is 0.200. The van der Waals surface area contributed by atoms with E-state index in [-0.39, 0.29) is 5.91 Å². The van der Waals surface area contributed by atoms with E-state index in [9.17, 15) is 4.79 Å². The average Bonchev–Trinajstić information content (AvgIpc) is 2.88. The van der Waals surface area contributed by atoms with Crippen molar-refractivity contribution in [2.75, 3.05) is 14.2 Å². The highest BCUT2D eigenvalue weighted by molar-refractivity contribution is 7.80. The van der Waals surface area contributed by atoms with Gasteiger partial charge in [-0.2, -0.15) is 0 Å². The molecule has 1 amide bonds. The van der Waals surface area contributed by atoms with E-state index in [4.69, 9.17) is 21.7 Å². The summed E-state index contributed by atoms with van der Waals surface area (Å²) in [7, 11) is 3.23. The molecule has 2 aromatic rings. The standard InChI is InChI=1S/C20H20N2O3S/c1-13-4-6-14(7-5-13)12-25-17-9-8-15(11-18(17)24-3)10-16-19(23)22(2)20(26)21-16/h4-11H,12H2,1-3H3,(H,21,26)/b16-10-. The molecule has 26 heavy (non-hydrogen) atoms. The largest absolute Gasteiger partial charge is 0.493 e. The summed E-state index contributed by atoms with van der Waals surface area (Å²) in [5.74, 6) is 1.09. The molecule has 1 fully saturated rings. The zero-order valence-electron chi connectivity index (χ0n) is 14.9. The third-order valence-corrected chi connectivity index (χ3v) is 4.47. The van der Waals surface area contributed by atoms with Crippen molar-refractivity contribution in [3.05, 3.63) is 64.9 Å². The summed E-state index contributed by atoms with van der Waals surface area (Å²) in [6.45, 7) is 2.51. The first-order chi connectivity index (χ1) is 12.5. The van der Waals surface area contributed by atoms with Gasteiger partial charge in [0.2, 0.25) is 0 Å². The maximum atomic E-state index is 12.1. The number of aryl methyl sites for hydroxylation is 1. The molecule has 0 unspecified atom stereocenters. The van der Waals surface area contributed by atoms with Crippen molar-refractivity contribution in [3.63, 3.8) is 0 Å². The Kier molecular flexibility index (Phi) is 5.23. The SMILES string of the molecule is COc1cc(/C=C2\NC(=S)N(C)C2=O)ccc1OCc1ccc(C)cc1. The van der Waals surface area contributed by atoms with Gasteiger partial charge in [0.05, 0.1) is 7.11 Å². The Morgan fingerprint density at radius 2 is 1.88 bits per heavy atom. The second-order valence-electron chi connectivity index (χ2n) is 6.04. The van der Waals surface area contributed by atoms with Crippen LogP contribution in [0.4, 0.5) is 0 Å². The summed E-state index contributed by atoms with van der Waals surface area (Å²) in [5.41, 5.74) is 3.55. The first kappa shape index (κ1) is 17.9. The monoisotopic (exact) mass is 368 g/mol. The van der Waals surface area contributed by atoms with Crippen molar-refractivity contribution < 1.29 is 14.3 Å². The predicted molar refractivity (Wildman–Crippen MR) is 105 cm³/mol. The van der Waals surface area contributed by atoms with Crippen LogP contribution in [-0.4, -0.2) is 30.1 Å². The molecule has 5 nitrogen and oxygen atoms in total. The van der Waals surface area contributed by atoms with Crippen LogP contribution in [0.3, 0.4) is 0 Å². The van der Waals surface area contributed by atoms with Gasteiger partial charge in [-0.3, -0.25) is 9.69 Å². The van der Waals surface area contributed by atoms with Crippen LogP contribution >= 0.6 is 12.2 Å². The molecule has 1 heterocycles. The van der Waals surface area contributed by atoms with Crippen molar-refractivity contribution in [1.29, 1.82) is 0 Å². The molecule has 0 aromatic heterocycles. The molecule has 1 N–H and O–H groups in total. The lowest BCUT2D eigenvalue weighted by molar-refractivity contribution is -0.121. The minimum atomic E-state index is -0.159. The zero-order valence-corrected chi connectivity index (χ0v) is 15.7. The maximum Gasteiger partial charge on any atom is 0.276 e. The Labute approximate surface area is 158 Å². The van der Waals surface area contributed by atoms with Gasteiger partial charge in [0, 0.05) is 7.05 Å². The number of carbonyl (C=O) groups is 1. The normalized spacial score (nSPS) is 15.3. The first-order valence-electron chi connectivity index (χ1n) is 8.15. The molecule has 0 atom stereocenters. The lowest BCUT2D eigenvalue weighted by Crippen LogP contribution is -2.25. The number of nitrogens with one attached hydrogen (secondary N) is 1. The first-order valence-corrected chi connectivity index (χ1v) is 8.56. The van der Waals surface area contributed by atoms with Crippen molar-refractivity contribution in [2.24, 2.45) is 0 Å². The van der Waals surface area contributed by atoms with E-state index in [1.807, 2.05) is 30.3 Å². The molecule has 0 bridgehead atoms. The van der Waals surface area contributed by atoms with Gasteiger partial charge in [0.1, 0.15) is 12.3 Å². The zero-order chi connectivity index (χ0) is 18.7. The number of hydrogen-bond donors (Lipinski definition) is 1. The van der Waals surface area contributed by atoms with Gasteiger partial charge in [-0.1, -0.05) is 35.9 Å². The summed E-state index contributed by atoms with van der Waals surface area (Å²) in [5, 5.41) is 3.30. The van der Waals surface area contributed by atoms with E-state index >= 15 is 0 Å². The molecule has 2 aromatic carbocycles. The van der Waals surface area contributed by atoms with Gasteiger partial charge in [-0.25, -0.2) is 0 Å². The lowest BCUT2D eigenvalue weighted by atomic mass is 10.1. The number of benzene rings is 2. The number of carbonyl (C=O) groups excluding carboxylic acids is 1. The average molecular weight is 368 g/mol. The molecule has 0 aliphatic carbocycles. The molecule has 0 spiro atoms. The van der Waals surface area contributed by atoms with Crippen LogP contribution in [0, 0.1) is 6.92 Å². The second-order valence-corrected chi connectivity index (χ2v) is 6.42. The summed E-state index contributed by atoms with van der Waals surface area (Å²) in [6, 6.07) is 13.7. The Hall–Kier alpha value is -2.86. The summed E-state index contributed by atoms with van der Waals surface area (Å²) in [6.07, 6.45) is 1.74. The van der Waals surface area contributed by atoms with Gasteiger partial charge in [0.15, 0.2) is 16.6 Å². The van der Waals surface area contributed by atoms with Crippen molar-refractivity contribution in [3.8, 4) is 11.5 Å². The van der Waals surface area contributed by atoms with Crippen LogP contribution in [0.25, 0.3) is 6.08 Å². The van der Waals surface area contributed by atoms with Crippen molar-refractivity contribution in [1.82, 2.24) is 10.2 Å². The Bertz CT molecular complexity index is 875. The fourth-order valence-corrected chi connectivity index (χ4v) is 2.72. The molecular formula is C20H20N2O3S. The van der Waals surface area contributed by atoms with E-state index in [0.29, 0.717) is 28.9 Å². The van der Waals surface area contributed by atoms with E-state index in [1.165, 1.54) is 10.5 Å². The summed E-state index contributed by atoms with van der Waals surface area (Å²) in [4.78, 5) is 13.5. The van der Waals surface area contributed by atoms with Crippen LogP contribution in [0.15, 0.2) is 48.2 Å². The smallest absolute Gasteiger partial charge is 0.276 e. The molecule has 6 heteroatoms. The van der Waals surface area contributed by atoms with Crippen LogP contribution in [0.2, 0.25) is 0 Å².